The van der Waals surface area contributed by atoms with Gasteiger partial charge in [0.2, 0.25) is 15.9 Å². The van der Waals surface area contributed by atoms with Crippen LogP contribution < -0.4 is 5.32 Å². The maximum absolute atomic E-state index is 11.8. The molecule has 2 heterocycles. The van der Waals surface area contributed by atoms with E-state index in [1.165, 1.54) is 10.6 Å². The number of amides is 1. The lowest BCUT2D eigenvalue weighted by molar-refractivity contribution is -0.120. The summed E-state index contributed by atoms with van der Waals surface area (Å²) in [5.41, 5.74) is 0.672. The predicted octanol–water partition coefficient (Wildman–Crippen LogP) is 0.286. The number of nitrogens with one attached hydrogen (secondary N) is 1. The molecule has 0 saturated heterocycles. The summed E-state index contributed by atoms with van der Waals surface area (Å²) in [5, 5.41) is 2.82. The van der Waals surface area contributed by atoms with E-state index in [-0.39, 0.29) is 24.4 Å². The molecule has 8 heteroatoms. The van der Waals surface area contributed by atoms with Crippen molar-refractivity contribution in [1.29, 1.82) is 0 Å². The minimum atomic E-state index is -3.25. The van der Waals surface area contributed by atoms with Gasteiger partial charge in [-0.1, -0.05) is 0 Å². The number of aromatic nitrogens is 2. The van der Waals surface area contributed by atoms with E-state index in [1.807, 2.05) is 31.5 Å². The quantitative estimate of drug-likeness (QED) is 0.865. The van der Waals surface area contributed by atoms with E-state index >= 15 is 0 Å². The minimum absolute atomic E-state index is 0.0759. The normalized spacial score (nSPS) is 19.6. The Morgan fingerprint density at radius 1 is 1.48 bits per heavy atom. The molecule has 7 nitrogen and oxygen atoms in total. The minimum Gasteiger partial charge on any atom is -0.354 e. The Hall–Kier alpha value is -1.41. The van der Waals surface area contributed by atoms with E-state index in [2.05, 4.69) is 10.3 Å². The monoisotopic (exact) mass is 314 g/mol. The van der Waals surface area contributed by atoms with Crippen molar-refractivity contribution in [2.24, 2.45) is 0 Å². The van der Waals surface area contributed by atoms with Crippen LogP contribution in [-0.4, -0.2) is 47.0 Å². The number of hydrogen-bond acceptors (Lipinski definition) is 4. The van der Waals surface area contributed by atoms with E-state index in [0.29, 0.717) is 24.6 Å². The fraction of sp³-hybridized carbons (Fsp3) is 0.692. The van der Waals surface area contributed by atoms with Crippen molar-refractivity contribution >= 4 is 15.9 Å². The van der Waals surface area contributed by atoms with Crippen LogP contribution in [0.3, 0.4) is 0 Å². The van der Waals surface area contributed by atoms with Gasteiger partial charge >= 0.3 is 0 Å². The van der Waals surface area contributed by atoms with Gasteiger partial charge in [0, 0.05) is 25.3 Å². The number of rotatable bonds is 4. The molecular formula is C13H22N4O3S. The Labute approximate surface area is 125 Å². The first-order valence-electron chi connectivity index (χ1n) is 7.00. The first kappa shape index (κ1) is 16.0. The number of hydrogen-bond donors (Lipinski definition) is 1. The summed E-state index contributed by atoms with van der Waals surface area (Å²) in [6.45, 7) is 6.62. The maximum atomic E-state index is 11.8. The molecule has 0 aliphatic carbocycles. The van der Waals surface area contributed by atoms with Crippen molar-refractivity contribution in [3.63, 3.8) is 0 Å². The van der Waals surface area contributed by atoms with Crippen molar-refractivity contribution in [3.8, 4) is 0 Å². The molecule has 21 heavy (non-hydrogen) atoms. The molecule has 1 amide bonds. The fourth-order valence-electron chi connectivity index (χ4n) is 2.60. The molecule has 1 aliphatic heterocycles. The van der Waals surface area contributed by atoms with E-state index in [4.69, 9.17) is 0 Å². The second-order valence-corrected chi connectivity index (χ2v) is 7.67. The van der Waals surface area contributed by atoms with Crippen molar-refractivity contribution in [2.75, 3.05) is 12.8 Å². The van der Waals surface area contributed by atoms with Gasteiger partial charge in [-0.3, -0.25) is 4.79 Å². The molecule has 1 aromatic rings. The second kappa shape index (κ2) is 5.76. The molecule has 0 fully saturated rings. The fourth-order valence-corrected chi connectivity index (χ4v) is 3.69. The summed E-state index contributed by atoms with van der Waals surface area (Å²) in [4.78, 5) is 16.2. The average Bonchev–Trinajstić information content (AvgIpc) is 2.69. The standard InChI is InChI=1S/C13H22N4O3S/c1-9(2)14-12(18)7-11-8-16-5-6-17(21(4,19)20)10(3)13(16)15-11/h8-10H,5-7H2,1-4H3,(H,14,18)/t10-/m1/s1. The van der Waals surface area contributed by atoms with Gasteiger partial charge in [0.25, 0.3) is 0 Å². The van der Waals surface area contributed by atoms with Gasteiger partial charge < -0.3 is 9.88 Å². The molecule has 1 N–H and O–H groups in total. The van der Waals surface area contributed by atoms with Crippen LogP contribution in [0.2, 0.25) is 0 Å². The Balaban J connectivity index is 2.17. The topological polar surface area (TPSA) is 84.3 Å². The molecule has 1 atom stereocenters. The van der Waals surface area contributed by atoms with Gasteiger partial charge in [0.15, 0.2) is 0 Å². The summed E-state index contributed by atoms with van der Waals surface area (Å²) in [6, 6.07) is -0.218. The molecule has 0 bridgehead atoms. The third kappa shape index (κ3) is 3.62. The van der Waals surface area contributed by atoms with Gasteiger partial charge in [0.05, 0.1) is 24.4 Å². The van der Waals surface area contributed by atoms with Gasteiger partial charge in [-0.15, -0.1) is 0 Å². The Kier molecular flexibility index (Phi) is 4.38. The van der Waals surface area contributed by atoms with Crippen molar-refractivity contribution < 1.29 is 13.2 Å². The third-order valence-electron chi connectivity index (χ3n) is 3.44. The molecule has 1 aliphatic rings. The number of nitrogens with zero attached hydrogens (tertiary/aromatic N) is 3. The maximum Gasteiger partial charge on any atom is 0.226 e. The molecule has 0 saturated carbocycles. The molecule has 0 unspecified atom stereocenters. The molecule has 118 valence electrons. The molecular weight excluding hydrogens is 292 g/mol. The SMILES string of the molecule is CC(C)NC(=O)Cc1cn2c(n1)[C@@H](C)N(S(C)(=O)=O)CC2. The molecule has 0 aromatic carbocycles. The highest BCUT2D eigenvalue weighted by molar-refractivity contribution is 7.88. The van der Waals surface area contributed by atoms with Crippen LogP contribution in [0, 0.1) is 0 Å². The lowest BCUT2D eigenvalue weighted by atomic mass is 10.2. The summed E-state index contributed by atoms with van der Waals surface area (Å²) in [7, 11) is -3.25. The van der Waals surface area contributed by atoms with Crippen LogP contribution in [0.5, 0.6) is 0 Å². The summed E-state index contributed by atoms with van der Waals surface area (Å²) < 4.78 is 26.8. The predicted molar refractivity (Wildman–Crippen MR) is 79.2 cm³/mol. The van der Waals surface area contributed by atoms with Crippen molar-refractivity contribution in [3.05, 3.63) is 17.7 Å². The van der Waals surface area contributed by atoms with Crippen LogP contribution in [0.25, 0.3) is 0 Å². The zero-order chi connectivity index (χ0) is 15.8. The van der Waals surface area contributed by atoms with Crippen LogP contribution in [0.15, 0.2) is 6.20 Å². The molecule has 1 aromatic heterocycles. The van der Waals surface area contributed by atoms with E-state index in [1.54, 1.807) is 0 Å². The second-order valence-electron chi connectivity index (χ2n) is 5.73. The molecule has 0 radical (unpaired) electrons. The summed E-state index contributed by atoms with van der Waals surface area (Å²) in [6.07, 6.45) is 3.26. The smallest absolute Gasteiger partial charge is 0.226 e. The van der Waals surface area contributed by atoms with Crippen LogP contribution in [0.4, 0.5) is 0 Å². The Bertz CT molecular complexity index is 636. The number of carbonyl (C=O) groups is 1. The molecule has 0 spiro atoms. The zero-order valence-corrected chi connectivity index (χ0v) is 13.6. The first-order valence-corrected chi connectivity index (χ1v) is 8.85. The van der Waals surface area contributed by atoms with E-state index < -0.39 is 10.0 Å². The van der Waals surface area contributed by atoms with E-state index in [0.717, 1.165) is 0 Å². The van der Waals surface area contributed by atoms with Gasteiger partial charge in [-0.25, -0.2) is 13.4 Å². The highest BCUT2D eigenvalue weighted by Crippen LogP contribution is 2.26. The summed E-state index contributed by atoms with van der Waals surface area (Å²) in [5.74, 6) is 0.618. The lowest BCUT2D eigenvalue weighted by Gasteiger charge is -2.31. The lowest BCUT2D eigenvalue weighted by Crippen LogP contribution is -2.40. The number of fused-ring (bicyclic) bond motifs is 1. The van der Waals surface area contributed by atoms with Crippen molar-refractivity contribution in [2.45, 2.75) is 45.8 Å². The first-order chi connectivity index (χ1) is 9.68. The van der Waals surface area contributed by atoms with Gasteiger partial charge in [-0.2, -0.15) is 4.31 Å². The van der Waals surface area contributed by atoms with Crippen LogP contribution >= 0.6 is 0 Å². The van der Waals surface area contributed by atoms with Crippen molar-refractivity contribution in [1.82, 2.24) is 19.2 Å². The highest BCUT2D eigenvalue weighted by atomic mass is 32.2. The Morgan fingerprint density at radius 3 is 2.71 bits per heavy atom. The molecule has 2 rings (SSSR count). The van der Waals surface area contributed by atoms with Crippen LogP contribution in [0.1, 0.15) is 38.3 Å². The van der Waals surface area contributed by atoms with Gasteiger partial charge in [0.1, 0.15) is 5.82 Å². The van der Waals surface area contributed by atoms with E-state index in [9.17, 15) is 13.2 Å². The summed E-state index contributed by atoms with van der Waals surface area (Å²) >= 11 is 0. The Morgan fingerprint density at radius 2 is 2.14 bits per heavy atom. The van der Waals surface area contributed by atoms with Crippen LogP contribution in [-0.2, 0) is 27.8 Å². The largest absolute Gasteiger partial charge is 0.354 e. The van der Waals surface area contributed by atoms with Gasteiger partial charge in [-0.05, 0) is 20.8 Å². The average molecular weight is 314 g/mol. The number of imidazole rings is 1. The number of carbonyl (C=O) groups excluding carboxylic acids is 1. The third-order valence-corrected chi connectivity index (χ3v) is 4.79. The number of sulfonamides is 1. The highest BCUT2D eigenvalue weighted by Gasteiger charge is 2.32. The zero-order valence-electron chi connectivity index (χ0n) is 12.8.